The number of carbonyl (C=O) groups excluding carboxylic acids is 1. The second-order valence-electron chi connectivity index (χ2n) is 6.21. The molecule has 0 aliphatic rings. The number of ether oxygens (including phenoxy) is 1. The molecule has 1 aromatic heterocycles. The van der Waals surface area contributed by atoms with E-state index in [9.17, 15) is 4.79 Å². The summed E-state index contributed by atoms with van der Waals surface area (Å²) in [7, 11) is 1.34. The number of carbonyl (C=O) groups is 1. The maximum atomic E-state index is 11.8. The van der Waals surface area contributed by atoms with Crippen LogP contribution in [-0.4, -0.2) is 18.1 Å². The SMILES string of the molecule is COC(=O)c1nc(Cl)ccc1SCc1ccc(C(C)(C)C)cc1. The van der Waals surface area contributed by atoms with Crippen molar-refractivity contribution < 1.29 is 9.53 Å². The molecule has 0 unspecified atom stereocenters. The summed E-state index contributed by atoms with van der Waals surface area (Å²) in [6, 6.07) is 12.0. The summed E-state index contributed by atoms with van der Waals surface area (Å²) >= 11 is 7.41. The molecule has 0 aliphatic heterocycles. The van der Waals surface area contributed by atoms with Gasteiger partial charge in [-0.05, 0) is 28.7 Å². The minimum Gasteiger partial charge on any atom is -0.464 e. The van der Waals surface area contributed by atoms with E-state index >= 15 is 0 Å². The smallest absolute Gasteiger partial charge is 0.357 e. The highest BCUT2D eigenvalue weighted by Gasteiger charge is 2.16. The maximum Gasteiger partial charge on any atom is 0.357 e. The lowest BCUT2D eigenvalue weighted by molar-refractivity contribution is 0.0589. The predicted octanol–water partition coefficient (Wildman–Crippen LogP) is 5.11. The van der Waals surface area contributed by atoms with Gasteiger partial charge in [0.15, 0.2) is 5.69 Å². The molecule has 0 aliphatic carbocycles. The Morgan fingerprint density at radius 2 is 1.83 bits per heavy atom. The summed E-state index contributed by atoms with van der Waals surface area (Å²) in [4.78, 5) is 16.6. The Morgan fingerprint density at radius 3 is 2.39 bits per heavy atom. The summed E-state index contributed by atoms with van der Waals surface area (Å²) in [5.74, 6) is 0.274. The molecule has 5 heteroatoms. The molecule has 1 heterocycles. The number of rotatable bonds is 4. The first-order valence-electron chi connectivity index (χ1n) is 7.28. The molecular formula is C18H20ClNO2S. The van der Waals surface area contributed by atoms with Gasteiger partial charge in [-0.25, -0.2) is 9.78 Å². The quantitative estimate of drug-likeness (QED) is 0.436. The van der Waals surface area contributed by atoms with Crippen LogP contribution in [0.2, 0.25) is 5.15 Å². The van der Waals surface area contributed by atoms with Gasteiger partial charge in [0.05, 0.1) is 7.11 Å². The summed E-state index contributed by atoms with van der Waals surface area (Å²) in [5, 5.41) is 0.282. The highest BCUT2D eigenvalue weighted by Crippen LogP contribution is 2.28. The standard InChI is InChI=1S/C18H20ClNO2S/c1-18(2,3)13-7-5-12(6-8-13)11-23-14-9-10-15(19)20-16(14)17(21)22-4/h5-10H,11H2,1-4H3. The number of nitrogens with zero attached hydrogens (tertiary/aromatic N) is 1. The first-order valence-corrected chi connectivity index (χ1v) is 8.64. The van der Waals surface area contributed by atoms with E-state index in [1.165, 1.54) is 18.2 Å². The van der Waals surface area contributed by atoms with Crippen molar-refractivity contribution in [1.82, 2.24) is 4.98 Å². The Balaban J connectivity index is 2.13. The van der Waals surface area contributed by atoms with Gasteiger partial charge < -0.3 is 4.74 Å². The van der Waals surface area contributed by atoms with Gasteiger partial charge >= 0.3 is 5.97 Å². The molecule has 0 bridgehead atoms. The Labute approximate surface area is 146 Å². The molecule has 0 saturated heterocycles. The lowest BCUT2D eigenvalue weighted by atomic mass is 9.87. The summed E-state index contributed by atoms with van der Waals surface area (Å²) in [6.07, 6.45) is 0. The van der Waals surface area contributed by atoms with E-state index in [4.69, 9.17) is 16.3 Å². The second-order valence-corrected chi connectivity index (χ2v) is 7.61. The van der Waals surface area contributed by atoms with Crippen molar-refractivity contribution in [1.29, 1.82) is 0 Å². The van der Waals surface area contributed by atoms with Crippen LogP contribution in [0.5, 0.6) is 0 Å². The van der Waals surface area contributed by atoms with Crippen LogP contribution < -0.4 is 0 Å². The average Bonchev–Trinajstić information content (AvgIpc) is 2.52. The number of aromatic nitrogens is 1. The summed E-state index contributed by atoms with van der Waals surface area (Å²) < 4.78 is 4.76. The van der Waals surface area contributed by atoms with E-state index in [1.54, 1.807) is 23.9 Å². The van der Waals surface area contributed by atoms with Crippen molar-refractivity contribution in [3.8, 4) is 0 Å². The monoisotopic (exact) mass is 349 g/mol. The topological polar surface area (TPSA) is 39.2 Å². The number of benzene rings is 1. The maximum absolute atomic E-state index is 11.8. The molecule has 0 spiro atoms. The number of hydrogen-bond donors (Lipinski definition) is 0. The summed E-state index contributed by atoms with van der Waals surface area (Å²) in [6.45, 7) is 6.58. The number of pyridine rings is 1. The molecule has 0 radical (unpaired) electrons. The van der Waals surface area contributed by atoms with E-state index in [2.05, 4.69) is 50.0 Å². The van der Waals surface area contributed by atoms with Gasteiger partial charge in [0, 0.05) is 10.6 Å². The van der Waals surface area contributed by atoms with Gasteiger partial charge in [0.1, 0.15) is 5.15 Å². The normalized spacial score (nSPS) is 11.3. The largest absolute Gasteiger partial charge is 0.464 e. The van der Waals surface area contributed by atoms with Crippen LogP contribution in [-0.2, 0) is 15.9 Å². The fraction of sp³-hybridized carbons (Fsp3) is 0.333. The van der Waals surface area contributed by atoms with Crippen molar-refractivity contribution in [3.05, 3.63) is 58.4 Å². The zero-order chi connectivity index (χ0) is 17.0. The third-order valence-corrected chi connectivity index (χ3v) is 4.75. The van der Waals surface area contributed by atoms with Crippen molar-refractivity contribution in [2.75, 3.05) is 7.11 Å². The van der Waals surface area contributed by atoms with Crippen LogP contribution in [0.1, 0.15) is 42.4 Å². The van der Waals surface area contributed by atoms with Gasteiger partial charge in [0.2, 0.25) is 0 Å². The highest BCUT2D eigenvalue weighted by atomic mass is 35.5. The Hall–Kier alpha value is -1.52. The fourth-order valence-corrected chi connectivity index (χ4v) is 3.14. The molecule has 122 valence electrons. The van der Waals surface area contributed by atoms with Crippen molar-refractivity contribution in [2.45, 2.75) is 36.8 Å². The average molecular weight is 350 g/mol. The molecule has 1 aromatic carbocycles. The Kier molecular flexibility index (Phi) is 5.71. The van der Waals surface area contributed by atoms with Gasteiger partial charge in [-0.1, -0.05) is 56.6 Å². The Bertz CT molecular complexity index is 693. The minimum absolute atomic E-state index is 0.143. The van der Waals surface area contributed by atoms with Crippen LogP contribution in [0.3, 0.4) is 0 Å². The van der Waals surface area contributed by atoms with Crippen LogP contribution in [0.25, 0.3) is 0 Å². The number of esters is 1. The van der Waals surface area contributed by atoms with Crippen molar-refractivity contribution in [2.24, 2.45) is 0 Å². The lowest BCUT2D eigenvalue weighted by Gasteiger charge is -2.19. The molecule has 23 heavy (non-hydrogen) atoms. The van der Waals surface area contributed by atoms with Gasteiger partial charge in [0.25, 0.3) is 0 Å². The van der Waals surface area contributed by atoms with Crippen LogP contribution in [0.4, 0.5) is 0 Å². The molecule has 2 rings (SSSR count). The highest BCUT2D eigenvalue weighted by molar-refractivity contribution is 7.98. The summed E-state index contributed by atoms with van der Waals surface area (Å²) in [5.41, 5.74) is 2.89. The van der Waals surface area contributed by atoms with Crippen LogP contribution in [0, 0.1) is 0 Å². The van der Waals surface area contributed by atoms with E-state index in [0.29, 0.717) is 0 Å². The number of thioether (sulfide) groups is 1. The fourth-order valence-electron chi connectivity index (χ4n) is 2.04. The first-order chi connectivity index (χ1) is 10.8. The minimum atomic E-state index is -0.474. The number of halogens is 1. The molecule has 3 nitrogen and oxygen atoms in total. The van der Waals surface area contributed by atoms with Crippen molar-refractivity contribution in [3.63, 3.8) is 0 Å². The van der Waals surface area contributed by atoms with E-state index < -0.39 is 5.97 Å². The third kappa shape index (κ3) is 4.72. The molecular weight excluding hydrogens is 330 g/mol. The molecule has 0 saturated carbocycles. The second kappa shape index (κ2) is 7.37. The van der Waals surface area contributed by atoms with Crippen LogP contribution >= 0.6 is 23.4 Å². The first kappa shape index (κ1) is 17.8. The zero-order valence-electron chi connectivity index (χ0n) is 13.7. The predicted molar refractivity (Wildman–Crippen MR) is 95.3 cm³/mol. The lowest BCUT2D eigenvalue weighted by Crippen LogP contribution is -2.10. The van der Waals surface area contributed by atoms with E-state index in [-0.39, 0.29) is 16.3 Å². The van der Waals surface area contributed by atoms with Gasteiger partial charge in [-0.15, -0.1) is 11.8 Å². The molecule has 0 fully saturated rings. The Morgan fingerprint density at radius 1 is 1.17 bits per heavy atom. The molecule has 2 aromatic rings. The van der Waals surface area contributed by atoms with Crippen LogP contribution in [0.15, 0.2) is 41.3 Å². The molecule has 0 atom stereocenters. The zero-order valence-corrected chi connectivity index (χ0v) is 15.3. The van der Waals surface area contributed by atoms with E-state index in [0.717, 1.165) is 10.6 Å². The number of hydrogen-bond acceptors (Lipinski definition) is 4. The molecule has 0 amide bonds. The van der Waals surface area contributed by atoms with Gasteiger partial charge in [-0.2, -0.15) is 0 Å². The van der Waals surface area contributed by atoms with Crippen molar-refractivity contribution >= 4 is 29.3 Å². The van der Waals surface area contributed by atoms with Gasteiger partial charge in [-0.3, -0.25) is 0 Å². The number of methoxy groups -OCH3 is 1. The third-order valence-electron chi connectivity index (χ3n) is 3.42. The molecule has 0 N–H and O–H groups in total. The van der Waals surface area contributed by atoms with E-state index in [1.807, 2.05) is 0 Å².